The fraction of sp³-hybridized carbons (Fsp3) is 0.636. The zero-order valence-electron chi connectivity index (χ0n) is 12.0. The molecule has 0 aliphatic heterocycles. The second kappa shape index (κ2) is 7.67. The first-order valence-corrected chi connectivity index (χ1v) is 5.93. The smallest absolute Gasteiger partial charge is 0.431 e. The Bertz CT molecular complexity index is 540. The van der Waals surface area contributed by atoms with E-state index in [1.807, 2.05) is 0 Å². The van der Waals surface area contributed by atoms with Crippen molar-refractivity contribution in [2.24, 2.45) is 0 Å². The number of halogens is 10. The van der Waals surface area contributed by atoms with E-state index in [0.717, 1.165) is 0 Å². The quantitative estimate of drug-likeness (QED) is 0.397. The number of carbonyl (C=O) groups is 2. The lowest BCUT2D eigenvalue weighted by Gasteiger charge is -2.40. The van der Waals surface area contributed by atoms with Gasteiger partial charge in [0.15, 0.2) is 6.61 Å². The number of carbonyl (C=O) groups excluding carboxylic acids is 2. The van der Waals surface area contributed by atoms with E-state index in [-0.39, 0.29) is 0 Å². The van der Waals surface area contributed by atoms with Gasteiger partial charge in [-0.1, -0.05) is 6.58 Å². The third-order valence-corrected chi connectivity index (χ3v) is 2.63. The van der Waals surface area contributed by atoms with E-state index in [0.29, 0.717) is 6.08 Å². The average molecular weight is 410 g/mol. The molecule has 0 saturated carbocycles. The van der Waals surface area contributed by atoms with Crippen LogP contribution in [0.15, 0.2) is 12.7 Å². The third-order valence-electron chi connectivity index (χ3n) is 2.63. The third kappa shape index (κ3) is 4.76. The van der Waals surface area contributed by atoms with Gasteiger partial charge in [0.2, 0.25) is 0 Å². The molecule has 15 heteroatoms. The highest BCUT2D eigenvalue weighted by Crippen LogP contribution is 2.51. The molecule has 0 radical (unpaired) electrons. The Kier molecular flexibility index (Phi) is 7.06. The molecule has 0 heterocycles. The monoisotopic (exact) mass is 410 g/mol. The predicted octanol–water partition coefficient (Wildman–Crippen LogP) is 2.38. The number of aliphatic hydroxyl groups is 1. The molecule has 0 spiro atoms. The lowest BCUT2D eigenvalue weighted by atomic mass is 9.90. The Labute approximate surface area is 137 Å². The van der Waals surface area contributed by atoms with Gasteiger partial charge in [-0.2, -0.15) is 35.1 Å². The highest BCUT2D eigenvalue weighted by atomic mass is 19.4. The fourth-order valence-corrected chi connectivity index (χ4v) is 1.36. The van der Waals surface area contributed by atoms with E-state index >= 15 is 0 Å². The van der Waals surface area contributed by atoms with E-state index < -0.39 is 55.0 Å². The summed E-state index contributed by atoms with van der Waals surface area (Å²) in [5.74, 6) is -10.7. The van der Waals surface area contributed by atoms with Crippen LogP contribution in [-0.2, 0) is 19.1 Å². The van der Waals surface area contributed by atoms with Crippen molar-refractivity contribution in [2.75, 3.05) is 6.61 Å². The molecule has 5 nitrogen and oxygen atoms in total. The molecule has 0 aromatic heterocycles. The summed E-state index contributed by atoms with van der Waals surface area (Å²) in [7, 11) is 0. The molecule has 0 aliphatic carbocycles. The lowest BCUT2D eigenvalue weighted by Crippen LogP contribution is -2.70. The van der Waals surface area contributed by atoms with E-state index in [4.69, 9.17) is 5.11 Å². The molecule has 0 aromatic carbocycles. The molecule has 0 aromatic rings. The van der Waals surface area contributed by atoms with Gasteiger partial charge in [0, 0.05) is 6.08 Å². The molecule has 0 aliphatic rings. The topological polar surface area (TPSA) is 72.8 Å². The molecule has 0 fully saturated rings. The molecule has 0 amide bonds. The Hall–Kier alpha value is -2.06. The maximum absolute atomic E-state index is 13.6. The Morgan fingerprint density at radius 3 is 1.81 bits per heavy atom. The van der Waals surface area contributed by atoms with Gasteiger partial charge in [-0.05, 0) is 0 Å². The van der Waals surface area contributed by atoms with Crippen LogP contribution in [0, 0.1) is 0 Å². The molecular formula is C11H8F10O5. The van der Waals surface area contributed by atoms with Gasteiger partial charge in [-0.15, -0.1) is 0 Å². The predicted molar refractivity (Wildman–Crippen MR) is 59.0 cm³/mol. The number of rotatable bonds is 7. The molecule has 26 heavy (non-hydrogen) atoms. The largest absolute Gasteiger partial charge is 0.451 e. The zero-order valence-corrected chi connectivity index (χ0v) is 12.0. The lowest BCUT2D eigenvalue weighted by molar-refractivity contribution is -0.401. The first-order valence-electron chi connectivity index (χ1n) is 5.93. The van der Waals surface area contributed by atoms with Crippen molar-refractivity contribution in [3.63, 3.8) is 0 Å². The van der Waals surface area contributed by atoms with E-state index in [1.165, 1.54) is 0 Å². The molecule has 0 rings (SSSR count). The fourth-order valence-electron chi connectivity index (χ4n) is 1.36. The molecule has 152 valence electrons. The maximum atomic E-state index is 13.6. The van der Waals surface area contributed by atoms with E-state index in [1.54, 1.807) is 0 Å². The van der Waals surface area contributed by atoms with Crippen molar-refractivity contribution >= 4 is 11.9 Å². The van der Waals surface area contributed by atoms with E-state index in [2.05, 4.69) is 16.1 Å². The number of hydrogen-bond donors (Lipinski definition) is 1. The molecule has 0 bridgehead atoms. The van der Waals surface area contributed by atoms with Gasteiger partial charge in [0.05, 0.1) is 0 Å². The van der Waals surface area contributed by atoms with Gasteiger partial charge >= 0.3 is 30.2 Å². The van der Waals surface area contributed by atoms with Crippen molar-refractivity contribution < 1.29 is 68.1 Å². The Morgan fingerprint density at radius 1 is 1.04 bits per heavy atom. The minimum Gasteiger partial charge on any atom is -0.451 e. The number of esters is 2. The summed E-state index contributed by atoms with van der Waals surface area (Å²) >= 11 is 0. The van der Waals surface area contributed by atoms with Gasteiger partial charge in [-0.3, -0.25) is 0 Å². The highest BCUT2D eigenvalue weighted by Gasteiger charge is 2.81. The van der Waals surface area contributed by atoms with Crippen LogP contribution in [0.5, 0.6) is 0 Å². The van der Waals surface area contributed by atoms with Crippen LogP contribution >= 0.6 is 0 Å². The van der Waals surface area contributed by atoms with Gasteiger partial charge in [0.1, 0.15) is 0 Å². The normalized spacial score (nSPS) is 16.6. The molecule has 2 unspecified atom stereocenters. The average Bonchev–Trinajstić information content (AvgIpc) is 2.46. The van der Waals surface area contributed by atoms with Crippen molar-refractivity contribution in [2.45, 2.75) is 36.4 Å². The summed E-state index contributed by atoms with van der Waals surface area (Å²) in [5, 5.41) is 8.64. The molecule has 2 atom stereocenters. The van der Waals surface area contributed by atoms with Gasteiger partial charge < -0.3 is 14.6 Å². The Balaban J connectivity index is 5.89. The second-order valence-corrected chi connectivity index (χ2v) is 4.41. The van der Waals surface area contributed by atoms with Gasteiger partial charge in [-0.25, -0.2) is 18.4 Å². The van der Waals surface area contributed by atoms with Crippen LogP contribution in [0.3, 0.4) is 0 Å². The minimum atomic E-state index is -6.95. The number of hydrogen-bond acceptors (Lipinski definition) is 5. The summed E-state index contributed by atoms with van der Waals surface area (Å²) in [6.07, 6.45) is -23.7. The van der Waals surface area contributed by atoms with Crippen LogP contribution in [0.2, 0.25) is 0 Å². The Morgan fingerprint density at radius 2 is 1.50 bits per heavy atom. The zero-order chi connectivity index (χ0) is 21.1. The minimum absolute atomic E-state index is 0.377. The highest BCUT2D eigenvalue weighted by molar-refractivity contribution is 5.83. The van der Waals surface area contributed by atoms with Crippen LogP contribution < -0.4 is 0 Å². The summed E-state index contributed by atoms with van der Waals surface area (Å²) < 4.78 is 134. The summed E-state index contributed by atoms with van der Waals surface area (Å²) in [5.41, 5.74) is -6.50. The van der Waals surface area contributed by atoms with Crippen LogP contribution in [0.25, 0.3) is 0 Å². The van der Waals surface area contributed by atoms with Crippen LogP contribution in [0.1, 0.15) is 0 Å². The van der Waals surface area contributed by atoms with Crippen LogP contribution in [0.4, 0.5) is 43.9 Å². The summed E-state index contributed by atoms with van der Waals surface area (Å²) in [6, 6.07) is 0. The molecular weight excluding hydrogens is 402 g/mol. The van der Waals surface area contributed by atoms with Crippen molar-refractivity contribution in [1.29, 1.82) is 0 Å². The van der Waals surface area contributed by atoms with Gasteiger partial charge in [0.25, 0.3) is 18.1 Å². The van der Waals surface area contributed by atoms with Crippen molar-refractivity contribution in [1.82, 2.24) is 0 Å². The van der Waals surface area contributed by atoms with Crippen molar-refractivity contribution in [3.8, 4) is 0 Å². The molecule has 1 N–H and O–H groups in total. The van der Waals surface area contributed by atoms with E-state index in [9.17, 15) is 53.5 Å². The summed E-state index contributed by atoms with van der Waals surface area (Å²) in [4.78, 5) is 21.6. The summed E-state index contributed by atoms with van der Waals surface area (Å²) in [6.45, 7) is 1.00. The number of ether oxygens (including phenoxy) is 2. The second-order valence-electron chi connectivity index (χ2n) is 4.41. The number of alkyl halides is 10. The van der Waals surface area contributed by atoms with Crippen LogP contribution in [-0.4, -0.2) is 60.1 Å². The first-order chi connectivity index (χ1) is 11.4. The SMILES string of the molecule is C=CC(=O)OCC(=O)OC(C(F)(F)F)C(F)(F)C(O)(C(F)F)C(F)(F)F. The maximum Gasteiger partial charge on any atom is 0.431 e. The first kappa shape index (κ1) is 23.9. The van der Waals surface area contributed by atoms with Crippen molar-refractivity contribution in [3.05, 3.63) is 12.7 Å². The standard InChI is InChI=1S/C11H8F10O5/c1-2-4(22)25-3-5(23)26-6(10(16,17)18)9(14,15)8(24,7(12)13)11(19,20)21/h2,6-7,24H,1,3H2. The molecule has 0 saturated heterocycles.